The van der Waals surface area contributed by atoms with Crippen molar-refractivity contribution in [2.45, 2.75) is 0 Å². The number of aromatic nitrogens is 1. The van der Waals surface area contributed by atoms with Gasteiger partial charge in [0.25, 0.3) is 5.56 Å². The van der Waals surface area contributed by atoms with Crippen LogP contribution in [0, 0.1) is 0 Å². The first-order valence-corrected chi connectivity index (χ1v) is 3.12. The smallest absolute Gasteiger partial charge is 0.321 e. The third-order valence-corrected chi connectivity index (χ3v) is 1.29. The summed E-state index contributed by atoms with van der Waals surface area (Å²) in [5.74, 6) is 0. The van der Waals surface area contributed by atoms with Crippen LogP contribution < -0.4 is 10.4 Å². The predicted octanol–water partition coefficient (Wildman–Crippen LogP) is 0.0867. The molecule has 1 aromatic rings. The first-order valence-electron chi connectivity index (χ1n) is 2.74. The van der Waals surface area contributed by atoms with Crippen LogP contribution in [-0.4, -0.2) is 11.2 Å². The summed E-state index contributed by atoms with van der Waals surface area (Å²) in [5, 5.41) is 0.0598. The van der Waals surface area contributed by atoms with Crippen molar-refractivity contribution < 1.29 is 9.63 Å². The molecule has 0 fully saturated rings. The van der Waals surface area contributed by atoms with Crippen molar-refractivity contribution in [2.24, 2.45) is 0 Å². The van der Waals surface area contributed by atoms with Crippen molar-refractivity contribution in [3.63, 3.8) is 0 Å². The molecule has 1 heterocycles. The molecule has 0 bridgehead atoms. The summed E-state index contributed by atoms with van der Waals surface area (Å²) in [5.41, 5.74) is -0.482. The fourth-order valence-corrected chi connectivity index (χ4v) is 0.792. The van der Waals surface area contributed by atoms with Crippen LogP contribution in [0.3, 0.4) is 0 Å². The van der Waals surface area contributed by atoms with Gasteiger partial charge in [0.2, 0.25) is 0 Å². The van der Waals surface area contributed by atoms with E-state index >= 15 is 0 Å². The van der Waals surface area contributed by atoms with E-state index < -0.39 is 5.56 Å². The van der Waals surface area contributed by atoms with Crippen LogP contribution in [0.2, 0.25) is 5.15 Å². The lowest BCUT2D eigenvalue weighted by molar-refractivity contribution is -0.129. The molecular weight excluding hydrogens is 170 g/mol. The number of nitrogens with zero attached hydrogens (tertiary/aromatic N) is 1. The lowest BCUT2D eigenvalue weighted by Gasteiger charge is -2.00. The zero-order valence-electron chi connectivity index (χ0n) is 5.36. The minimum atomic E-state index is -0.482. The number of carbonyl (C=O) groups excluding carboxylic acids is 1. The Hall–Kier alpha value is -1.29. The van der Waals surface area contributed by atoms with Crippen LogP contribution in [0.1, 0.15) is 0 Å². The van der Waals surface area contributed by atoms with E-state index in [0.29, 0.717) is 4.73 Å². The SMILES string of the molecule is O=COn1c(Cl)cccc1=O. The van der Waals surface area contributed by atoms with E-state index in [4.69, 9.17) is 11.6 Å². The van der Waals surface area contributed by atoms with E-state index in [1.807, 2.05) is 0 Å². The Bertz CT molecular complexity index is 320. The van der Waals surface area contributed by atoms with Gasteiger partial charge in [-0.25, -0.2) is 0 Å². The molecule has 0 N–H and O–H groups in total. The second-order valence-corrected chi connectivity index (χ2v) is 2.07. The Morgan fingerprint density at radius 2 is 2.27 bits per heavy atom. The van der Waals surface area contributed by atoms with Gasteiger partial charge in [0.05, 0.1) is 0 Å². The summed E-state index contributed by atoms with van der Waals surface area (Å²) >= 11 is 5.49. The van der Waals surface area contributed by atoms with E-state index in [1.54, 1.807) is 0 Å². The summed E-state index contributed by atoms with van der Waals surface area (Å²) < 4.78 is 0.689. The van der Waals surface area contributed by atoms with E-state index in [-0.39, 0.29) is 11.6 Å². The zero-order valence-corrected chi connectivity index (χ0v) is 6.12. The van der Waals surface area contributed by atoms with Gasteiger partial charge in [-0.15, -0.1) is 4.73 Å². The van der Waals surface area contributed by atoms with Gasteiger partial charge in [0.1, 0.15) is 0 Å². The highest BCUT2D eigenvalue weighted by Gasteiger charge is 1.98. The van der Waals surface area contributed by atoms with Crippen LogP contribution in [0.25, 0.3) is 0 Å². The molecule has 5 heteroatoms. The van der Waals surface area contributed by atoms with Gasteiger partial charge in [0.15, 0.2) is 5.15 Å². The number of halogens is 1. The zero-order chi connectivity index (χ0) is 8.27. The molecule has 58 valence electrons. The van der Waals surface area contributed by atoms with Gasteiger partial charge in [-0.3, -0.25) is 9.59 Å². The normalized spacial score (nSPS) is 9.18. The minimum Gasteiger partial charge on any atom is -0.335 e. The van der Waals surface area contributed by atoms with Crippen LogP contribution in [-0.2, 0) is 4.79 Å². The van der Waals surface area contributed by atoms with E-state index in [1.165, 1.54) is 18.2 Å². The van der Waals surface area contributed by atoms with Crippen molar-refractivity contribution in [3.8, 4) is 0 Å². The molecule has 0 aromatic carbocycles. The third-order valence-electron chi connectivity index (χ3n) is 1.02. The minimum absolute atomic E-state index is 0.0598. The number of hydrogen-bond donors (Lipinski definition) is 0. The summed E-state index contributed by atoms with van der Waals surface area (Å²) in [4.78, 5) is 24.9. The quantitative estimate of drug-likeness (QED) is 0.470. The van der Waals surface area contributed by atoms with Gasteiger partial charge >= 0.3 is 6.47 Å². The Kier molecular flexibility index (Phi) is 2.28. The maximum absolute atomic E-state index is 10.8. The van der Waals surface area contributed by atoms with Gasteiger partial charge in [-0.1, -0.05) is 17.7 Å². The molecule has 0 aliphatic rings. The Morgan fingerprint density at radius 3 is 2.82 bits per heavy atom. The average Bonchev–Trinajstić information content (AvgIpc) is 1.97. The fourth-order valence-electron chi connectivity index (χ4n) is 0.596. The van der Waals surface area contributed by atoms with Gasteiger partial charge in [-0.05, 0) is 6.07 Å². The second kappa shape index (κ2) is 3.21. The van der Waals surface area contributed by atoms with Crippen molar-refractivity contribution in [2.75, 3.05) is 0 Å². The van der Waals surface area contributed by atoms with Crippen LogP contribution >= 0.6 is 11.6 Å². The fraction of sp³-hybridized carbons (Fsp3) is 0. The first kappa shape index (κ1) is 7.81. The summed E-state index contributed by atoms with van der Waals surface area (Å²) in [6, 6.07) is 4.14. The van der Waals surface area contributed by atoms with Crippen molar-refractivity contribution in [1.82, 2.24) is 4.73 Å². The molecule has 0 amide bonds. The predicted molar refractivity (Wildman–Crippen MR) is 38.4 cm³/mol. The maximum atomic E-state index is 10.8. The third kappa shape index (κ3) is 1.59. The summed E-state index contributed by atoms with van der Waals surface area (Å²) in [6.07, 6.45) is 0. The monoisotopic (exact) mass is 173 g/mol. The highest BCUT2D eigenvalue weighted by atomic mass is 35.5. The van der Waals surface area contributed by atoms with Crippen molar-refractivity contribution in [1.29, 1.82) is 0 Å². The van der Waals surface area contributed by atoms with Gasteiger partial charge in [0, 0.05) is 6.07 Å². The highest BCUT2D eigenvalue weighted by Crippen LogP contribution is 2.00. The molecule has 0 aliphatic carbocycles. The molecule has 0 atom stereocenters. The van der Waals surface area contributed by atoms with E-state index in [2.05, 4.69) is 4.84 Å². The average molecular weight is 174 g/mol. The van der Waals surface area contributed by atoms with E-state index in [0.717, 1.165) is 0 Å². The van der Waals surface area contributed by atoms with E-state index in [9.17, 15) is 9.59 Å². The molecular formula is C6H4ClNO3. The number of rotatable bonds is 2. The van der Waals surface area contributed by atoms with Crippen molar-refractivity contribution >= 4 is 18.1 Å². The lowest BCUT2D eigenvalue weighted by atomic mass is 10.5. The molecule has 1 rings (SSSR count). The van der Waals surface area contributed by atoms with Gasteiger partial charge < -0.3 is 4.84 Å². The van der Waals surface area contributed by atoms with Crippen LogP contribution in [0.4, 0.5) is 0 Å². The maximum Gasteiger partial charge on any atom is 0.321 e. The number of carbonyl (C=O) groups is 1. The first-order chi connectivity index (χ1) is 5.25. The standard InChI is InChI=1S/C6H4ClNO3/c7-5-2-1-3-6(10)8(5)11-4-9/h1-4H. The second-order valence-electron chi connectivity index (χ2n) is 1.68. The molecule has 4 nitrogen and oxygen atoms in total. The Balaban J connectivity index is 3.20. The molecule has 11 heavy (non-hydrogen) atoms. The van der Waals surface area contributed by atoms with Gasteiger partial charge in [-0.2, -0.15) is 0 Å². The molecule has 0 aliphatic heterocycles. The lowest BCUT2D eigenvalue weighted by Crippen LogP contribution is -2.25. The largest absolute Gasteiger partial charge is 0.335 e. The molecule has 0 radical (unpaired) electrons. The highest BCUT2D eigenvalue weighted by molar-refractivity contribution is 6.29. The molecule has 0 unspecified atom stereocenters. The number of hydrogen-bond acceptors (Lipinski definition) is 3. The summed E-state index contributed by atoms with van der Waals surface area (Å²) in [7, 11) is 0. The molecule has 0 saturated heterocycles. The van der Waals surface area contributed by atoms with Crippen LogP contribution in [0.5, 0.6) is 0 Å². The molecule has 0 spiro atoms. The molecule has 0 saturated carbocycles. The topological polar surface area (TPSA) is 48.3 Å². The Labute approximate surface area is 66.9 Å². The van der Waals surface area contributed by atoms with Crippen LogP contribution in [0.15, 0.2) is 23.0 Å². The Morgan fingerprint density at radius 1 is 1.55 bits per heavy atom. The number of pyridine rings is 1. The summed E-state index contributed by atoms with van der Waals surface area (Å²) in [6.45, 7) is 0.132. The van der Waals surface area contributed by atoms with Crippen molar-refractivity contribution in [3.05, 3.63) is 33.7 Å². The molecule has 1 aromatic heterocycles.